The zero-order valence-corrected chi connectivity index (χ0v) is 11.2. The molecule has 0 spiro atoms. The number of para-hydroxylation sites is 1. The van der Waals surface area contributed by atoms with E-state index in [0.717, 1.165) is 27.6 Å². The van der Waals surface area contributed by atoms with Crippen LogP contribution in [0.5, 0.6) is 0 Å². The Morgan fingerprint density at radius 1 is 1.35 bits per heavy atom. The average molecular weight is 314 g/mol. The van der Waals surface area contributed by atoms with Gasteiger partial charge in [0.1, 0.15) is 5.58 Å². The van der Waals surface area contributed by atoms with E-state index >= 15 is 0 Å². The summed E-state index contributed by atoms with van der Waals surface area (Å²) in [5, 5.41) is 1.14. The second-order valence-corrected chi connectivity index (χ2v) is 4.47. The average Bonchev–Trinajstić information content (AvgIpc) is 2.90. The van der Waals surface area contributed by atoms with E-state index < -0.39 is 0 Å². The summed E-state index contributed by atoms with van der Waals surface area (Å²) in [6.45, 7) is 0.781. The fourth-order valence-electron chi connectivity index (χ4n) is 1.77. The first-order valence-corrected chi connectivity index (χ1v) is 5.74. The number of imidazole rings is 1. The van der Waals surface area contributed by atoms with Gasteiger partial charge in [-0.3, -0.25) is 0 Å². The molecule has 2 heterocycles. The van der Waals surface area contributed by atoms with E-state index in [9.17, 15) is 0 Å². The van der Waals surface area contributed by atoms with Crippen LogP contribution in [0.15, 0.2) is 52.1 Å². The standard InChI is InChI=1S/C12H9BrN2O.ClH/c13-11-3-1-2-10-9(7-16-12(10)11)6-15-5-4-14-8-15;/h1-5,7-8H,6H2;1H. The molecular weight excluding hydrogens is 304 g/mol. The van der Waals surface area contributed by atoms with Gasteiger partial charge in [-0.05, 0) is 22.0 Å². The van der Waals surface area contributed by atoms with Gasteiger partial charge in [-0.2, -0.15) is 0 Å². The Morgan fingerprint density at radius 3 is 3.00 bits per heavy atom. The summed E-state index contributed by atoms with van der Waals surface area (Å²) in [5.41, 5.74) is 2.06. The molecule has 0 aliphatic rings. The predicted octanol–water partition coefficient (Wildman–Crippen LogP) is 3.86. The van der Waals surface area contributed by atoms with Crippen molar-refractivity contribution < 1.29 is 4.42 Å². The largest absolute Gasteiger partial charge is 0.463 e. The van der Waals surface area contributed by atoms with Gasteiger partial charge in [-0.1, -0.05) is 12.1 Å². The van der Waals surface area contributed by atoms with Gasteiger partial charge < -0.3 is 8.98 Å². The van der Waals surface area contributed by atoms with Crippen LogP contribution in [0, 0.1) is 0 Å². The maximum absolute atomic E-state index is 5.55. The molecule has 0 amide bonds. The molecule has 0 fully saturated rings. The van der Waals surface area contributed by atoms with E-state index in [1.807, 2.05) is 22.9 Å². The molecule has 0 saturated heterocycles. The van der Waals surface area contributed by atoms with Crippen LogP contribution in [0.1, 0.15) is 5.56 Å². The second-order valence-electron chi connectivity index (χ2n) is 3.61. The van der Waals surface area contributed by atoms with E-state index in [0.29, 0.717) is 0 Å². The lowest BCUT2D eigenvalue weighted by Gasteiger charge is -1.99. The summed E-state index contributed by atoms with van der Waals surface area (Å²) in [6, 6.07) is 6.06. The molecule has 5 heteroatoms. The zero-order valence-electron chi connectivity index (χ0n) is 8.84. The van der Waals surface area contributed by atoms with Crippen molar-refractivity contribution in [2.75, 3.05) is 0 Å². The fourth-order valence-corrected chi connectivity index (χ4v) is 2.23. The third-order valence-electron chi connectivity index (χ3n) is 2.54. The summed E-state index contributed by atoms with van der Waals surface area (Å²) in [6.07, 6.45) is 7.32. The number of halogens is 2. The molecule has 0 unspecified atom stereocenters. The van der Waals surface area contributed by atoms with Crippen molar-refractivity contribution in [3.05, 3.63) is 53.2 Å². The maximum atomic E-state index is 5.55. The second kappa shape index (κ2) is 4.94. The molecule has 88 valence electrons. The third kappa shape index (κ3) is 2.23. The summed E-state index contributed by atoms with van der Waals surface area (Å²) in [7, 11) is 0. The summed E-state index contributed by atoms with van der Waals surface area (Å²) in [5.74, 6) is 0. The van der Waals surface area contributed by atoms with Gasteiger partial charge >= 0.3 is 0 Å². The van der Waals surface area contributed by atoms with Gasteiger partial charge in [0.05, 0.1) is 23.6 Å². The highest BCUT2D eigenvalue weighted by atomic mass is 79.9. The van der Waals surface area contributed by atoms with Crippen molar-refractivity contribution in [3.8, 4) is 0 Å². The van der Waals surface area contributed by atoms with Gasteiger partial charge in [0.15, 0.2) is 0 Å². The van der Waals surface area contributed by atoms with Crippen molar-refractivity contribution in [2.24, 2.45) is 0 Å². The first-order valence-electron chi connectivity index (χ1n) is 4.95. The number of aromatic nitrogens is 2. The quantitative estimate of drug-likeness (QED) is 0.719. The SMILES string of the molecule is Brc1cccc2c(Cn3ccnc3)coc12.Cl. The summed E-state index contributed by atoms with van der Waals surface area (Å²) >= 11 is 3.48. The molecule has 0 radical (unpaired) electrons. The van der Waals surface area contributed by atoms with Crippen LogP contribution >= 0.6 is 28.3 Å². The lowest BCUT2D eigenvalue weighted by atomic mass is 10.2. The van der Waals surface area contributed by atoms with Crippen LogP contribution in [-0.4, -0.2) is 9.55 Å². The smallest absolute Gasteiger partial charge is 0.148 e. The molecule has 1 aromatic carbocycles. The maximum Gasteiger partial charge on any atom is 0.148 e. The topological polar surface area (TPSA) is 31.0 Å². The molecule has 0 aliphatic heterocycles. The number of furan rings is 1. The van der Waals surface area contributed by atoms with Crippen molar-refractivity contribution >= 4 is 39.3 Å². The highest BCUT2D eigenvalue weighted by molar-refractivity contribution is 9.10. The normalized spacial score (nSPS) is 10.4. The van der Waals surface area contributed by atoms with Crippen LogP contribution in [0.25, 0.3) is 11.0 Å². The summed E-state index contributed by atoms with van der Waals surface area (Å²) in [4.78, 5) is 4.02. The number of hydrogen-bond acceptors (Lipinski definition) is 2. The van der Waals surface area contributed by atoms with E-state index in [1.54, 1.807) is 18.8 Å². The summed E-state index contributed by atoms with van der Waals surface area (Å²) < 4.78 is 8.55. The Bertz CT molecular complexity index is 619. The van der Waals surface area contributed by atoms with Crippen molar-refractivity contribution in [3.63, 3.8) is 0 Å². The Balaban J connectivity index is 0.00000108. The van der Waals surface area contributed by atoms with Crippen LogP contribution in [0.4, 0.5) is 0 Å². The van der Waals surface area contributed by atoms with Crippen LogP contribution in [0.2, 0.25) is 0 Å². The molecule has 17 heavy (non-hydrogen) atoms. The molecule has 0 saturated carbocycles. The molecule has 3 aromatic rings. The van der Waals surface area contributed by atoms with E-state index in [4.69, 9.17) is 4.42 Å². The number of benzene rings is 1. The van der Waals surface area contributed by atoms with Crippen molar-refractivity contribution in [1.29, 1.82) is 0 Å². The number of hydrogen-bond donors (Lipinski definition) is 0. The molecule has 0 atom stereocenters. The monoisotopic (exact) mass is 312 g/mol. The molecule has 0 aliphatic carbocycles. The molecule has 0 N–H and O–H groups in total. The third-order valence-corrected chi connectivity index (χ3v) is 3.17. The van der Waals surface area contributed by atoms with Crippen LogP contribution in [0.3, 0.4) is 0 Å². The number of fused-ring (bicyclic) bond motifs is 1. The zero-order chi connectivity index (χ0) is 11.0. The van der Waals surface area contributed by atoms with Crippen molar-refractivity contribution in [1.82, 2.24) is 9.55 Å². The number of rotatable bonds is 2. The minimum atomic E-state index is 0. The Kier molecular flexibility index (Phi) is 3.54. The lowest BCUT2D eigenvalue weighted by Crippen LogP contribution is -1.94. The molecule has 0 bridgehead atoms. The highest BCUT2D eigenvalue weighted by Gasteiger charge is 2.08. The minimum absolute atomic E-state index is 0. The van der Waals surface area contributed by atoms with E-state index in [1.165, 1.54) is 0 Å². The molecule has 2 aromatic heterocycles. The van der Waals surface area contributed by atoms with E-state index in [-0.39, 0.29) is 12.4 Å². The van der Waals surface area contributed by atoms with E-state index in [2.05, 4.69) is 27.0 Å². The molecule has 3 rings (SSSR count). The first-order chi connectivity index (χ1) is 7.84. The minimum Gasteiger partial charge on any atom is -0.463 e. The highest BCUT2D eigenvalue weighted by Crippen LogP contribution is 2.28. The first kappa shape index (κ1) is 12.2. The Hall–Kier alpha value is -1.26. The lowest BCUT2D eigenvalue weighted by molar-refractivity contribution is 0.605. The van der Waals surface area contributed by atoms with Crippen LogP contribution < -0.4 is 0 Å². The predicted molar refractivity (Wildman–Crippen MR) is 72.5 cm³/mol. The van der Waals surface area contributed by atoms with Gasteiger partial charge in [0.2, 0.25) is 0 Å². The van der Waals surface area contributed by atoms with Gasteiger partial charge in [-0.15, -0.1) is 12.4 Å². The van der Waals surface area contributed by atoms with Gasteiger partial charge in [0.25, 0.3) is 0 Å². The Morgan fingerprint density at radius 2 is 2.24 bits per heavy atom. The number of nitrogens with zero attached hydrogens (tertiary/aromatic N) is 2. The fraction of sp³-hybridized carbons (Fsp3) is 0.0833. The van der Waals surface area contributed by atoms with Gasteiger partial charge in [0, 0.05) is 23.3 Å². The molecular formula is C12H10BrClN2O. The van der Waals surface area contributed by atoms with Gasteiger partial charge in [-0.25, -0.2) is 4.98 Å². The van der Waals surface area contributed by atoms with Crippen LogP contribution in [-0.2, 0) is 6.54 Å². The van der Waals surface area contributed by atoms with Crippen molar-refractivity contribution in [2.45, 2.75) is 6.54 Å². The molecule has 3 nitrogen and oxygen atoms in total. The Labute approximate surface area is 113 Å².